The summed E-state index contributed by atoms with van der Waals surface area (Å²) >= 11 is 0. The molecule has 0 aromatic heterocycles. The lowest BCUT2D eigenvalue weighted by Crippen LogP contribution is -2.12. The maximum absolute atomic E-state index is 8.59. The average Bonchev–Trinajstić information content (AvgIpc) is 2.15. The number of aliphatic hydroxyl groups excluding tert-OH is 1. The molecule has 0 bridgehead atoms. The van der Waals surface area contributed by atoms with Crippen molar-refractivity contribution in [1.29, 1.82) is 0 Å². The van der Waals surface area contributed by atoms with Crippen LogP contribution in [-0.2, 0) is 0 Å². The highest BCUT2D eigenvalue weighted by Gasteiger charge is 1.93. The summed E-state index contributed by atoms with van der Waals surface area (Å²) in [6.45, 7) is 1.59. The SMILES string of the molecule is CN(C)CCCCCCCCCCO. The standard InChI is InChI=1S/C12H27NO/c1-13(2)11-9-7-5-3-4-6-8-10-12-14/h14H,3-12H2,1-2H3. The van der Waals surface area contributed by atoms with Gasteiger partial charge in [-0.25, -0.2) is 0 Å². The van der Waals surface area contributed by atoms with Gasteiger partial charge >= 0.3 is 0 Å². The van der Waals surface area contributed by atoms with E-state index in [1.54, 1.807) is 0 Å². The monoisotopic (exact) mass is 201 g/mol. The topological polar surface area (TPSA) is 23.5 Å². The normalized spacial score (nSPS) is 11.1. The molecule has 0 fully saturated rings. The lowest BCUT2D eigenvalue weighted by molar-refractivity contribution is 0.282. The minimum atomic E-state index is 0.364. The van der Waals surface area contributed by atoms with Crippen LogP contribution in [0.2, 0.25) is 0 Å². The van der Waals surface area contributed by atoms with E-state index in [1.165, 1.54) is 51.5 Å². The zero-order valence-electron chi connectivity index (χ0n) is 9.97. The molecule has 14 heavy (non-hydrogen) atoms. The van der Waals surface area contributed by atoms with Crippen LogP contribution < -0.4 is 0 Å². The van der Waals surface area contributed by atoms with Gasteiger partial charge in [-0.05, 0) is 33.5 Å². The number of hydrogen-bond donors (Lipinski definition) is 1. The van der Waals surface area contributed by atoms with Gasteiger partial charge in [-0.3, -0.25) is 0 Å². The van der Waals surface area contributed by atoms with E-state index in [0.717, 1.165) is 6.42 Å². The van der Waals surface area contributed by atoms with Gasteiger partial charge in [0.05, 0.1) is 0 Å². The molecule has 2 nitrogen and oxygen atoms in total. The fourth-order valence-corrected chi connectivity index (χ4v) is 1.60. The lowest BCUT2D eigenvalue weighted by atomic mass is 10.1. The van der Waals surface area contributed by atoms with Crippen molar-refractivity contribution in [3.8, 4) is 0 Å². The van der Waals surface area contributed by atoms with Crippen LogP contribution in [0, 0.1) is 0 Å². The average molecular weight is 201 g/mol. The third-order valence-electron chi connectivity index (χ3n) is 2.51. The van der Waals surface area contributed by atoms with Gasteiger partial charge < -0.3 is 10.0 Å². The molecule has 0 aliphatic carbocycles. The fourth-order valence-electron chi connectivity index (χ4n) is 1.60. The highest BCUT2D eigenvalue weighted by atomic mass is 16.2. The molecule has 0 aliphatic rings. The molecule has 86 valence electrons. The van der Waals surface area contributed by atoms with Crippen molar-refractivity contribution in [2.45, 2.75) is 51.4 Å². The molecular formula is C12H27NO. The summed E-state index contributed by atoms with van der Waals surface area (Å²) in [5.74, 6) is 0. The Morgan fingerprint density at radius 1 is 0.714 bits per heavy atom. The lowest BCUT2D eigenvalue weighted by Gasteiger charge is -2.08. The Bertz CT molecular complexity index is 104. The molecule has 0 heterocycles. The van der Waals surface area contributed by atoms with Gasteiger partial charge in [-0.1, -0.05) is 38.5 Å². The smallest absolute Gasteiger partial charge is 0.0431 e. The molecule has 0 radical (unpaired) electrons. The second-order valence-electron chi connectivity index (χ2n) is 4.36. The largest absolute Gasteiger partial charge is 0.396 e. The zero-order valence-corrected chi connectivity index (χ0v) is 9.97. The van der Waals surface area contributed by atoms with Crippen molar-refractivity contribution in [3.05, 3.63) is 0 Å². The van der Waals surface area contributed by atoms with E-state index in [1.807, 2.05) is 0 Å². The van der Waals surface area contributed by atoms with Crippen LogP contribution in [0.1, 0.15) is 51.4 Å². The Morgan fingerprint density at radius 2 is 1.14 bits per heavy atom. The van der Waals surface area contributed by atoms with Crippen LogP contribution in [0.4, 0.5) is 0 Å². The minimum Gasteiger partial charge on any atom is -0.396 e. The van der Waals surface area contributed by atoms with Gasteiger partial charge in [0.25, 0.3) is 0 Å². The number of hydrogen-bond acceptors (Lipinski definition) is 2. The summed E-state index contributed by atoms with van der Waals surface area (Å²) in [4.78, 5) is 2.25. The van der Waals surface area contributed by atoms with Gasteiger partial charge in [0, 0.05) is 6.61 Å². The maximum Gasteiger partial charge on any atom is 0.0431 e. The number of unbranched alkanes of at least 4 members (excludes halogenated alkanes) is 7. The number of nitrogens with zero attached hydrogens (tertiary/aromatic N) is 1. The predicted molar refractivity (Wildman–Crippen MR) is 62.6 cm³/mol. The third kappa shape index (κ3) is 11.9. The molecule has 0 atom stereocenters. The van der Waals surface area contributed by atoms with Crippen molar-refractivity contribution < 1.29 is 5.11 Å². The van der Waals surface area contributed by atoms with Crippen LogP contribution in [0.25, 0.3) is 0 Å². The molecular weight excluding hydrogens is 174 g/mol. The molecule has 0 spiro atoms. The first-order chi connectivity index (χ1) is 6.77. The second kappa shape index (κ2) is 11.0. The summed E-state index contributed by atoms with van der Waals surface area (Å²) in [6.07, 6.45) is 10.3. The predicted octanol–water partition coefficient (Wildman–Crippen LogP) is 2.66. The van der Waals surface area contributed by atoms with E-state index in [-0.39, 0.29) is 0 Å². The first-order valence-electron chi connectivity index (χ1n) is 6.03. The van der Waals surface area contributed by atoms with E-state index < -0.39 is 0 Å². The zero-order chi connectivity index (χ0) is 10.6. The van der Waals surface area contributed by atoms with E-state index in [0.29, 0.717) is 6.61 Å². The molecule has 0 saturated carbocycles. The van der Waals surface area contributed by atoms with Crippen LogP contribution >= 0.6 is 0 Å². The van der Waals surface area contributed by atoms with Gasteiger partial charge in [0.1, 0.15) is 0 Å². The van der Waals surface area contributed by atoms with E-state index >= 15 is 0 Å². The fraction of sp³-hybridized carbons (Fsp3) is 1.00. The molecule has 0 saturated heterocycles. The Kier molecular flexibility index (Phi) is 10.9. The molecule has 0 rings (SSSR count). The van der Waals surface area contributed by atoms with Crippen LogP contribution in [0.3, 0.4) is 0 Å². The summed E-state index contributed by atoms with van der Waals surface area (Å²) < 4.78 is 0. The molecule has 0 amide bonds. The summed E-state index contributed by atoms with van der Waals surface area (Å²) in [7, 11) is 4.27. The number of aliphatic hydroxyl groups is 1. The quantitative estimate of drug-likeness (QED) is 0.549. The van der Waals surface area contributed by atoms with Crippen molar-refractivity contribution >= 4 is 0 Å². The Hall–Kier alpha value is -0.0800. The van der Waals surface area contributed by atoms with Crippen LogP contribution in [0.5, 0.6) is 0 Å². The van der Waals surface area contributed by atoms with Crippen molar-refractivity contribution in [1.82, 2.24) is 4.90 Å². The van der Waals surface area contributed by atoms with Gasteiger partial charge in [0.2, 0.25) is 0 Å². The third-order valence-corrected chi connectivity index (χ3v) is 2.51. The Labute approximate surface area is 89.3 Å². The minimum absolute atomic E-state index is 0.364. The maximum atomic E-state index is 8.59. The number of rotatable bonds is 10. The molecule has 1 N–H and O–H groups in total. The summed E-state index contributed by atoms with van der Waals surface area (Å²) in [5, 5.41) is 8.59. The molecule has 0 aromatic rings. The second-order valence-corrected chi connectivity index (χ2v) is 4.36. The van der Waals surface area contributed by atoms with Crippen LogP contribution in [0.15, 0.2) is 0 Å². The molecule has 0 aromatic carbocycles. The molecule has 0 aliphatic heterocycles. The van der Waals surface area contributed by atoms with E-state index in [4.69, 9.17) is 5.11 Å². The Balaban J connectivity index is 2.85. The first-order valence-corrected chi connectivity index (χ1v) is 6.03. The highest BCUT2D eigenvalue weighted by Crippen LogP contribution is 2.08. The summed E-state index contributed by atoms with van der Waals surface area (Å²) in [5.41, 5.74) is 0. The van der Waals surface area contributed by atoms with Gasteiger partial charge in [-0.2, -0.15) is 0 Å². The molecule has 0 unspecified atom stereocenters. The van der Waals surface area contributed by atoms with Crippen molar-refractivity contribution in [2.24, 2.45) is 0 Å². The summed E-state index contributed by atoms with van der Waals surface area (Å²) in [6, 6.07) is 0. The first kappa shape index (κ1) is 13.9. The van der Waals surface area contributed by atoms with Gasteiger partial charge in [-0.15, -0.1) is 0 Å². The van der Waals surface area contributed by atoms with E-state index in [9.17, 15) is 0 Å². The highest BCUT2D eigenvalue weighted by molar-refractivity contribution is 4.48. The van der Waals surface area contributed by atoms with E-state index in [2.05, 4.69) is 19.0 Å². The van der Waals surface area contributed by atoms with Crippen molar-refractivity contribution in [2.75, 3.05) is 27.2 Å². The van der Waals surface area contributed by atoms with Gasteiger partial charge in [0.15, 0.2) is 0 Å². The molecule has 2 heteroatoms. The van der Waals surface area contributed by atoms with Crippen molar-refractivity contribution in [3.63, 3.8) is 0 Å². The Morgan fingerprint density at radius 3 is 1.57 bits per heavy atom. The van der Waals surface area contributed by atoms with Crippen LogP contribution in [-0.4, -0.2) is 37.3 Å².